The molecule has 11 heteroatoms. The number of hydrogen-bond acceptors (Lipinski definition) is 7. The van der Waals surface area contributed by atoms with Gasteiger partial charge in [-0.1, -0.05) is 23.2 Å². The van der Waals surface area contributed by atoms with E-state index in [1.807, 2.05) is 13.8 Å². The van der Waals surface area contributed by atoms with Gasteiger partial charge in [-0.2, -0.15) is 0 Å². The Labute approximate surface area is 214 Å². The molecule has 2 N–H and O–H groups in total. The van der Waals surface area contributed by atoms with Gasteiger partial charge in [0.25, 0.3) is 5.56 Å². The lowest BCUT2D eigenvalue weighted by atomic mass is 9.73. The Balaban J connectivity index is 1.37. The second kappa shape index (κ2) is 9.28. The minimum Gasteiger partial charge on any atom is -0.440 e. The van der Waals surface area contributed by atoms with Crippen LogP contribution in [0, 0.1) is 12.3 Å². The zero-order valence-electron chi connectivity index (χ0n) is 20.1. The maximum Gasteiger partial charge on any atom is 0.259 e. The van der Waals surface area contributed by atoms with Crippen molar-refractivity contribution < 1.29 is 9.47 Å². The van der Waals surface area contributed by atoms with Crippen LogP contribution in [0.4, 0.5) is 5.82 Å². The number of rotatable bonds is 4. The first-order valence-electron chi connectivity index (χ1n) is 11.9. The predicted molar refractivity (Wildman–Crippen MR) is 136 cm³/mol. The van der Waals surface area contributed by atoms with Gasteiger partial charge < -0.3 is 20.1 Å². The summed E-state index contributed by atoms with van der Waals surface area (Å²) in [4.78, 5) is 20.2. The van der Waals surface area contributed by atoms with Crippen molar-refractivity contribution in [2.45, 2.75) is 51.7 Å². The maximum absolute atomic E-state index is 13.2. The van der Waals surface area contributed by atoms with Crippen molar-refractivity contribution in [1.82, 2.24) is 19.3 Å². The van der Waals surface area contributed by atoms with Crippen molar-refractivity contribution in [3.05, 3.63) is 50.3 Å². The van der Waals surface area contributed by atoms with Gasteiger partial charge in [-0.15, -0.1) is 5.10 Å². The Hall–Kier alpha value is -2.33. The third kappa shape index (κ3) is 4.39. The molecule has 0 bridgehead atoms. The van der Waals surface area contributed by atoms with E-state index in [9.17, 15) is 4.79 Å². The smallest absolute Gasteiger partial charge is 0.259 e. The first-order chi connectivity index (χ1) is 16.7. The lowest BCUT2D eigenvalue weighted by Crippen LogP contribution is -2.51. The number of hydrogen-bond donors (Lipinski definition) is 1. The number of piperidine rings is 1. The number of aryl methyl sites for hydroxylation is 2. The number of aromatic nitrogens is 4. The molecule has 188 valence electrons. The third-order valence-electron chi connectivity index (χ3n) is 7.47. The second-order valence-electron chi connectivity index (χ2n) is 9.65. The molecule has 0 saturated carbocycles. The maximum atomic E-state index is 13.2. The van der Waals surface area contributed by atoms with E-state index < -0.39 is 0 Å². The zero-order valence-corrected chi connectivity index (χ0v) is 21.6. The molecule has 2 saturated heterocycles. The van der Waals surface area contributed by atoms with Crippen LogP contribution >= 0.6 is 23.2 Å². The standard InChI is InChI=1S/C24H30Cl2N6O3/c1-14-23(27)24(13-34-14)7-10-31(11-8-24)18-12-20(33)32(15(2)28-18)16-4-5-17(22(26)21(16)25)35-19-6-9-30(3)29-19/h6,9,12,14,23H,4-5,7-8,10-11,13,27H2,1-3H3/t14-,23+/m0/s1. The van der Waals surface area contributed by atoms with E-state index in [-0.39, 0.29) is 33.2 Å². The minimum absolute atomic E-state index is 0.0124. The Bertz CT molecular complexity index is 1260. The van der Waals surface area contributed by atoms with Crippen LogP contribution in [0.15, 0.2) is 38.9 Å². The first-order valence-corrected chi connectivity index (χ1v) is 12.6. The second-order valence-corrected chi connectivity index (χ2v) is 10.4. The van der Waals surface area contributed by atoms with E-state index in [0.717, 1.165) is 25.9 Å². The molecule has 1 spiro atoms. The Morgan fingerprint density at radius 3 is 2.57 bits per heavy atom. The summed E-state index contributed by atoms with van der Waals surface area (Å²) in [6, 6.07) is 3.36. The zero-order chi connectivity index (χ0) is 24.9. The van der Waals surface area contributed by atoms with Crippen LogP contribution in [0.1, 0.15) is 38.4 Å². The predicted octanol–water partition coefficient (Wildman–Crippen LogP) is 3.35. The summed E-state index contributed by atoms with van der Waals surface area (Å²) in [5.74, 6) is 2.21. The molecule has 2 aromatic heterocycles. The van der Waals surface area contributed by atoms with E-state index >= 15 is 0 Å². The molecule has 3 aliphatic rings. The van der Waals surface area contributed by atoms with Crippen molar-refractivity contribution in [2.24, 2.45) is 18.2 Å². The van der Waals surface area contributed by atoms with Gasteiger partial charge in [0.1, 0.15) is 17.4 Å². The third-order valence-corrected chi connectivity index (χ3v) is 8.37. The molecule has 35 heavy (non-hydrogen) atoms. The SMILES string of the molecule is Cc1nc(N2CCC3(CC2)CO[C@@H](C)[C@H]3N)cc(=O)n1C1=C(Cl)C(Cl)=C(Oc2ccn(C)n2)CC1. The molecule has 2 fully saturated rings. The number of anilines is 1. The van der Waals surface area contributed by atoms with Crippen LogP contribution in [0.5, 0.6) is 5.88 Å². The van der Waals surface area contributed by atoms with Crippen LogP contribution < -0.4 is 20.9 Å². The molecule has 1 aliphatic carbocycles. The highest BCUT2D eigenvalue weighted by atomic mass is 35.5. The summed E-state index contributed by atoms with van der Waals surface area (Å²) in [6.07, 6.45) is 4.67. The Morgan fingerprint density at radius 1 is 1.23 bits per heavy atom. The van der Waals surface area contributed by atoms with Crippen LogP contribution in [0.2, 0.25) is 0 Å². The highest BCUT2D eigenvalue weighted by molar-refractivity contribution is 6.45. The summed E-state index contributed by atoms with van der Waals surface area (Å²) in [5, 5.41) is 4.78. The van der Waals surface area contributed by atoms with Crippen LogP contribution in [0.3, 0.4) is 0 Å². The average molecular weight is 521 g/mol. The molecule has 5 rings (SSSR count). The van der Waals surface area contributed by atoms with Crippen molar-refractivity contribution in [1.29, 1.82) is 0 Å². The summed E-state index contributed by atoms with van der Waals surface area (Å²) >= 11 is 13.2. The van der Waals surface area contributed by atoms with Gasteiger partial charge >= 0.3 is 0 Å². The number of halogens is 2. The van der Waals surface area contributed by atoms with Crippen molar-refractivity contribution in [3.8, 4) is 5.88 Å². The van der Waals surface area contributed by atoms with Gasteiger partial charge in [-0.3, -0.25) is 14.0 Å². The van der Waals surface area contributed by atoms with Crippen molar-refractivity contribution >= 4 is 34.7 Å². The van der Waals surface area contributed by atoms with Gasteiger partial charge in [-0.25, -0.2) is 4.98 Å². The van der Waals surface area contributed by atoms with Gasteiger partial charge in [0.05, 0.1) is 22.8 Å². The number of nitrogens with two attached hydrogens (primary N) is 1. The molecule has 0 unspecified atom stereocenters. The topological polar surface area (TPSA) is 100 Å². The van der Waals surface area contributed by atoms with Crippen LogP contribution in [0.25, 0.3) is 5.70 Å². The molecule has 2 atom stereocenters. The molecular weight excluding hydrogens is 491 g/mol. The lowest BCUT2D eigenvalue weighted by Gasteiger charge is -2.41. The molecule has 0 amide bonds. The molecule has 4 heterocycles. The van der Waals surface area contributed by atoms with Gasteiger partial charge in [0, 0.05) is 62.0 Å². The molecule has 2 aromatic rings. The lowest BCUT2D eigenvalue weighted by molar-refractivity contribution is 0.0974. The Kier molecular flexibility index (Phi) is 6.46. The molecule has 0 aromatic carbocycles. The first kappa shape index (κ1) is 24.4. The van der Waals surface area contributed by atoms with E-state index in [1.165, 1.54) is 0 Å². The van der Waals surface area contributed by atoms with E-state index in [1.54, 1.807) is 34.6 Å². The van der Waals surface area contributed by atoms with E-state index in [4.69, 9.17) is 43.4 Å². The normalized spacial score (nSPS) is 24.6. The molecule has 9 nitrogen and oxygen atoms in total. The van der Waals surface area contributed by atoms with Crippen molar-refractivity contribution in [3.63, 3.8) is 0 Å². The average Bonchev–Trinajstić information content (AvgIpc) is 3.36. The molecule has 2 aliphatic heterocycles. The van der Waals surface area contributed by atoms with E-state index in [2.05, 4.69) is 10.00 Å². The summed E-state index contributed by atoms with van der Waals surface area (Å²) < 4.78 is 14.8. The fourth-order valence-corrected chi connectivity index (χ4v) is 5.83. The fourth-order valence-electron chi connectivity index (χ4n) is 5.31. The largest absolute Gasteiger partial charge is 0.440 e. The van der Waals surface area contributed by atoms with E-state index in [0.29, 0.717) is 48.4 Å². The quantitative estimate of drug-likeness (QED) is 0.659. The van der Waals surface area contributed by atoms with Crippen molar-refractivity contribution in [2.75, 3.05) is 24.6 Å². The summed E-state index contributed by atoms with van der Waals surface area (Å²) in [6.45, 7) is 6.12. The minimum atomic E-state index is -0.186. The van der Waals surface area contributed by atoms with Gasteiger partial charge in [-0.05, 0) is 33.1 Å². The monoisotopic (exact) mass is 520 g/mol. The summed E-state index contributed by atoms with van der Waals surface area (Å²) in [5.41, 5.74) is 6.89. The summed E-state index contributed by atoms with van der Waals surface area (Å²) in [7, 11) is 1.81. The highest BCUT2D eigenvalue weighted by Gasteiger charge is 2.47. The number of ether oxygens (including phenoxy) is 2. The highest BCUT2D eigenvalue weighted by Crippen LogP contribution is 2.42. The fraction of sp³-hybridized carbons (Fsp3) is 0.542. The molecule has 0 radical (unpaired) electrons. The van der Waals surface area contributed by atoms with Gasteiger partial charge in [0.2, 0.25) is 5.88 Å². The Morgan fingerprint density at radius 2 is 1.97 bits per heavy atom. The molecular formula is C24H30Cl2N6O3. The number of nitrogens with zero attached hydrogens (tertiary/aromatic N) is 5. The van der Waals surface area contributed by atoms with Crippen LogP contribution in [-0.4, -0.2) is 51.2 Å². The van der Waals surface area contributed by atoms with Gasteiger partial charge in [0.15, 0.2) is 0 Å². The number of allylic oxidation sites excluding steroid dienone is 4. The van der Waals surface area contributed by atoms with Crippen LogP contribution in [-0.2, 0) is 11.8 Å².